The number of aliphatic carboxylic acids is 1. The van der Waals surface area contributed by atoms with Gasteiger partial charge >= 0.3 is 5.97 Å². The summed E-state index contributed by atoms with van der Waals surface area (Å²) in [6.45, 7) is 0. The Labute approximate surface area is 124 Å². The van der Waals surface area contributed by atoms with E-state index in [-0.39, 0.29) is 0 Å². The average molecular weight is 315 g/mol. The molecule has 2 N–H and O–H groups in total. The minimum atomic E-state index is -2.78. The minimum absolute atomic E-state index is 0.528. The van der Waals surface area contributed by atoms with Crippen LogP contribution >= 0.6 is 11.8 Å². The van der Waals surface area contributed by atoms with Crippen LogP contribution in [0.3, 0.4) is 0 Å². The van der Waals surface area contributed by atoms with Gasteiger partial charge in [-0.05, 0) is 23.3 Å². The van der Waals surface area contributed by atoms with Crippen LogP contribution in [0, 0.1) is 0 Å². The third-order valence-corrected chi connectivity index (χ3v) is 4.50. The number of alkyl halides is 2. The highest BCUT2D eigenvalue weighted by atomic mass is 32.2. The number of hydrogen-bond acceptors (Lipinski definition) is 3. The van der Waals surface area contributed by atoms with Gasteiger partial charge in [0.05, 0.1) is 0 Å². The van der Waals surface area contributed by atoms with Gasteiger partial charge in [0.15, 0.2) is 0 Å². The van der Waals surface area contributed by atoms with Crippen LogP contribution in [0.5, 0.6) is 0 Å². The second-order valence-corrected chi connectivity index (χ2v) is 5.94. The van der Waals surface area contributed by atoms with Gasteiger partial charge in [-0.2, -0.15) is 0 Å². The Bertz CT molecular complexity index is 539. The van der Waals surface area contributed by atoms with Crippen LogP contribution in [-0.2, 0) is 16.0 Å². The number of hydrogen-bond donors (Lipinski definition) is 2. The van der Waals surface area contributed by atoms with E-state index in [1.54, 1.807) is 6.07 Å². The molecule has 0 spiro atoms. The number of nitrogens with one attached hydrogen (secondary N) is 1. The fourth-order valence-electron chi connectivity index (χ4n) is 2.26. The van der Waals surface area contributed by atoms with E-state index < -0.39 is 36.0 Å². The van der Waals surface area contributed by atoms with Gasteiger partial charge in [0.2, 0.25) is 12.3 Å². The molecule has 2 rings (SSSR count). The zero-order valence-electron chi connectivity index (χ0n) is 11.1. The van der Waals surface area contributed by atoms with Gasteiger partial charge in [-0.15, -0.1) is 11.8 Å². The van der Waals surface area contributed by atoms with Crippen LogP contribution in [0.15, 0.2) is 24.3 Å². The van der Waals surface area contributed by atoms with E-state index in [2.05, 4.69) is 5.32 Å². The third-order valence-electron chi connectivity index (χ3n) is 3.26. The maximum atomic E-state index is 12.4. The number of amides is 1. The van der Waals surface area contributed by atoms with E-state index in [0.29, 0.717) is 0 Å². The molecule has 21 heavy (non-hydrogen) atoms. The lowest BCUT2D eigenvalue weighted by Gasteiger charge is -2.25. The van der Waals surface area contributed by atoms with Gasteiger partial charge < -0.3 is 10.4 Å². The molecule has 1 amide bonds. The molecule has 0 aromatic heterocycles. The first-order chi connectivity index (χ1) is 9.99. The quantitative estimate of drug-likeness (QED) is 0.874. The lowest BCUT2D eigenvalue weighted by atomic mass is 10.0. The molecule has 1 aromatic rings. The van der Waals surface area contributed by atoms with E-state index in [1.807, 2.05) is 18.2 Å². The van der Waals surface area contributed by atoms with Crippen molar-refractivity contribution >= 4 is 23.6 Å². The first-order valence-electron chi connectivity index (χ1n) is 6.49. The summed E-state index contributed by atoms with van der Waals surface area (Å²) < 4.78 is 24.7. The molecule has 114 valence electrons. The van der Waals surface area contributed by atoms with Crippen molar-refractivity contribution < 1.29 is 23.5 Å². The van der Waals surface area contributed by atoms with Crippen molar-refractivity contribution in [2.24, 2.45) is 0 Å². The fraction of sp³-hybridized carbons (Fsp3) is 0.429. The number of carboxylic acid groups (broad SMARTS) is 1. The van der Waals surface area contributed by atoms with Crippen LogP contribution < -0.4 is 5.32 Å². The molecular weight excluding hydrogens is 300 g/mol. The summed E-state index contributed by atoms with van der Waals surface area (Å²) in [6, 6.07) is 5.85. The first-order valence-corrected chi connectivity index (χ1v) is 7.54. The standard InChI is InChI=1S/C14H15F2NO3S/c15-11(16)7-10(14(19)20)17-13(18)12-9-4-2-1-3-8(9)5-6-21-12/h1-4,10-12H,5-7H2,(H,17,18)(H,19,20). The second kappa shape index (κ2) is 6.89. The number of carbonyl (C=O) groups excluding carboxylic acids is 1. The fourth-order valence-corrected chi connectivity index (χ4v) is 3.46. The van der Waals surface area contributed by atoms with Crippen molar-refractivity contribution in [2.75, 3.05) is 5.75 Å². The van der Waals surface area contributed by atoms with Crippen molar-refractivity contribution in [3.05, 3.63) is 35.4 Å². The number of rotatable bonds is 5. The second-order valence-electron chi connectivity index (χ2n) is 4.73. The Kier molecular flexibility index (Phi) is 5.17. The number of halogens is 2. The predicted octanol–water partition coefficient (Wildman–Crippen LogP) is 2.24. The number of fused-ring (bicyclic) bond motifs is 1. The lowest BCUT2D eigenvalue weighted by molar-refractivity contribution is -0.143. The average Bonchev–Trinajstić information content (AvgIpc) is 2.45. The number of thioether (sulfide) groups is 1. The Morgan fingerprint density at radius 2 is 2.10 bits per heavy atom. The van der Waals surface area contributed by atoms with Gasteiger partial charge in [-0.3, -0.25) is 4.79 Å². The molecule has 2 atom stereocenters. The molecule has 0 saturated heterocycles. The van der Waals surface area contributed by atoms with Crippen molar-refractivity contribution in [3.8, 4) is 0 Å². The molecular formula is C14H15F2NO3S. The maximum absolute atomic E-state index is 12.4. The number of benzene rings is 1. The minimum Gasteiger partial charge on any atom is -0.480 e. The largest absolute Gasteiger partial charge is 0.480 e. The molecule has 1 heterocycles. The van der Waals surface area contributed by atoms with Gasteiger partial charge in [0.25, 0.3) is 0 Å². The molecule has 0 aliphatic carbocycles. The Morgan fingerprint density at radius 1 is 1.38 bits per heavy atom. The number of carbonyl (C=O) groups is 2. The molecule has 4 nitrogen and oxygen atoms in total. The monoisotopic (exact) mass is 315 g/mol. The first kappa shape index (κ1) is 15.8. The Hall–Kier alpha value is -1.63. The van der Waals surface area contributed by atoms with Gasteiger partial charge in [-0.25, -0.2) is 13.6 Å². The van der Waals surface area contributed by atoms with Gasteiger partial charge in [0, 0.05) is 6.42 Å². The molecule has 1 aliphatic heterocycles. The third kappa shape index (κ3) is 3.93. The SMILES string of the molecule is O=C(O)C(CC(F)F)NC(=O)C1SCCc2ccccc21. The zero-order valence-corrected chi connectivity index (χ0v) is 11.9. The lowest BCUT2D eigenvalue weighted by Crippen LogP contribution is -2.44. The summed E-state index contributed by atoms with van der Waals surface area (Å²) in [5.74, 6) is -1.24. The summed E-state index contributed by atoms with van der Waals surface area (Å²) in [6.07, 6.45) is -2.83. The topological polar surface area (TPSA) is 66.4 Å². The highest BCUT2D eigenvalue weighted by Gasteiger charge is 2.31. The smallest absolute Gasteiger partial charge is 0.326 e. The van der Waals surface area contributed by atoms with E-state index in [4.69, 9.17) is 5.11 Å². The highest BCUT2D eigenvalue weighted by Crippen LogP contribution is 2.36. The maximum Gasteiger partial charge on any atom is 0.326 e. The Balaban J connectivity index is 2.12. The molecule has 0 bridgehead atoms. The summed E-state index contributed by atoms with van der Waals surface area (Å²) in [5.41, 5.74) is 1.87. The molecule has 1 aliphatic rings. The summed E-state index contributed by atoms with van der Waals surface area (Å²) in [5, 5.41) is 10.6. The summed E-state index contributed by atoms with van der Waals surface area (Å²) >= 11 is 1.39. The van der Waals surface area contributed by atoms with Crippen molar-refractivity contribution in [2.45, 2.75) is 30.6 Å². The number of carboxylic acids is 1. The molecule has 2 unspecified atom stereocenters. The molecule has 0 radical (unpaired) electrons. The molecule has 0 fully saturated rings. The Morgan fingerprint density at radius 3 is 2.76 bits per heavy atom. The molecule has 0 saturated carbocycles. The van der Waals surface area contributed by atoms with Crippen LogP contribution in [-0.4, -0.2) is 35.2 Å². The normalized spacial score (nSPS) is 18.9. The van der Waals surface area contributed by atoms with Crippen molar-refractivity contribution in [3.63, 3.8) is 0 Å². The van der Waals surface area contributed by atoms with Crippen LogP contribution in [0.2, 0.25) is 0 Å². The van der Waals surface area contributed by atoms with E-state index in [1.165, 1.54) is 11.8 Å². The van der Waals surface area contributed by atoms with E-state index in [9.17, 15) is 18.4 Å². The zero-order chi connectivity index (χ0) is 15.4. The van der Waals surface area contributed by atoms with Crippen molar-refractivity contribution in [1.82, 2.24) is 5.32 Å². The van der Waals surface area contributed by atoms with Gasteiger partial charge in [0.1, 0.15) is 11.3 Å². The molecule has 7 heteroatoms. The summed E-state index contributed by atoms with van der Waals surface area (Å²) in [4.78, 5) is 23.2. The van der Waals surface area contributed by atoms with Crippen molar-refractivity contribution in [1.29, 1.82) is 0 Å². The van der Waals surface area contributed by atoms with E-state index in [0.717, 1.165) is 23.3 Å². The predicted molar refractivity (Wildman–Crippen MR) is 75.5 cm³/mol. The van der Waals surface area contributed by atoms with E-state index >= 15 is 0 Å². The number of aryl methyl sites for hydroxylation is 1. The molecule has 1 aromatic carbocycles. The van der Waals surface area contributed by atoms with Crippen LogP contribution in [0.25, 0.3) is 0 Å². The van der Waals surface area contributed by atoms with Crippen LogP contribution in [0.4, 0.5) is 8.78 Å². The van der Waals surface area contributed by atoms with Crippen LogP contribution in [0.1, 0.15) is 22.8 Å². The summed E-state index contributed by atoms with van der Waals surface area (Å²) in [7, 11) is 0. The van der Waals surface area contributed by atoms with Gasteiger partial charge in [-0.1, -0.05) is 24.3 Å². The highest BCUT2D eigenvalue weighted by molar-refractivity contribution is 8.00.